The zero-order valence-corrected chi connectivity index (χ0v) is 12.0. The molecule has 2 N–H and O–H groups in total. The summed E-state index contributed by atoms with van der Waals surface area (Å²) in [5.41, 5.74) is 0. The second kappa shape index (κ2) is 7.74. The fourth-order valence-corrected chi connectivity index (χ4v) is 2.08. The van der Waals surface area contributed by atoms with Crippen LogP contribution in [0.25, 0.3) is 0 Å². The SMILES string of the molecule is CCCCN(CC(NC1CC1)C(=O)O)C(C)CC. The van der Waals surface area contributed by atoms with Gasteiger partial charge < -0.3 is 10.4 Å². The average molecular weight is 256 g/mol. The first-order chi connectivity index (χ1) is 8.58. The van der Waals surface area contributed by atoms with Crippen LogP contribution in [-0.2, 0) is 4.79 Å². The highest BCUT2D eigenvalue weighted by Gasteiger charge is 2.30. The molecule has 1 saturated carbocycles. The largest absolute Gasteiger partial charge is 0.480 e. The number of carboxylic acids is 1. The van der Waals surface area contributed by atoms with Crippen LogP contribution in [0.15, 0.2) is 0 Å². The summed E-state index contributed by atoms with van der Waals surface area (Å²) in [6, 6.07) is 0.485. The van der Waals surface area contributed by atoms with E-state index in [-0.39, 0.29) is 0 Å². The van der Waals surface area contributed by atoms with E-state index in [1.54, 1.807) is 0 Å². The van der Waals surface area contributed by atoms with Crippen LogP contribution < -0.4 is 5.32 Å². The molecule has 0 aromatic rings. The van der Waals surface area contributed by atoms with Crippen LogP contribution in [0, 0.1) is 0 Å². The zero-order valence-electron chi connectivity index (χ0n) is 12.0. The third kappa shape index (κ3) is 5.36. The molecule has 18 heavy (non-hydrogen) atoms. The second-order valence-corrected chi connectivity index (χ2v) is 5.44. The molecule has 4 nitrogen and oxygen atoms in total. The summed E-state index contributed by atoms with van der Waals surface area (Å²) in [5, 5.41) is 12.5. The number of hydrogen-bond acceptors (Lipinski definition) is 3. The molecule has 0 heterocycles. The van der Waals surface area contributed by atoms with Gasteiger partial charge in [-0.05, 0) is 39.2 Å². The second-order valence-electron chi connectivity index (χ2n) is 5.44. The Morgan fingerprint density at radius 2 is 2.11 bits per heavy atom. The molecule has 4 heteroatoms. The van der Waals surface area contributed by atoms with Gasteiger partial charge in [0.1, 0.15) is 6.04 Å². The minimum absolute atomic E-state index is 0.414. The first-order valence-electron chi connectivity index (χ1n) is 7.31. The summed E-state index contributed by atoms with van der Waals surface area (Å²) < 4.78 is 0. The molecule has 106 valence electrons. The minimum atomic E-state index is -0.716. The van der Waals surface area contributed by atoms with Gasteiger partial charge in [0, 0.05) is 18.6 Å². The Morgan fingerprint density at radius 3 is 2.56 bits per heavy atom. The lowest BCUT2D eigenvalue weighted by Crippen LogP contribution is -2.49. The van der Waals surface area contributed by atoms with Crippen molar-refractivity contribution in [1.29, 1.82) is 0 Å². The Bertz CT molecular complexity index is 254. The lowest BCUT2D eigenvalue weighted by Gasteiger charge is -2.31. The predicted octanol–water partition coefficient (Wildman–Crippen LogP) is 2.09. The van der Waals surface area contributed by atoms with Crippen LogP contribution in [0.1, 0.15) is 52.9 Å². The van der Waals surface area contributed by atoms with Gasteiger partial charge in [-0.2, -0.15) is 0 Å². The quantitative estimate of drug-likeness (QED) is 0.628. The third-order valence-corrected chi connectivity index (χ3v) is 3.74. The van der Waals surface area contributed by atoms with E-state index in [9.17, 15) is 9.90 Å². The lowest BCUT2D eigenvalue weighted by atomic mass is 10.1. The maximum Gasteiger partial charge on any atom is 0.322 e. The van der Waals surface area contributed by atoms with Gasteiger partial charge in [-0.25, -0.2) is 0 Å². The van der Waals surface area contributed by atoms with Gasteiger partial charge in [0.05, 0.1) is 0 Å². The molecule has 1 aliphatic rings. The topological polar surface area (TPSA) is 52.6 Å². The molecule has 1 rings (SSSR count). The smallest absolute Gasteiger partial charge is 0.322 e. The van der Waals surface area contributed by atoms with Crippen molar-refractivity contribution >= 4 is 5.97 Å². The highest BCUT2D eigenvalue weighted by atomic mass is 16.4. The summed E-state index contributed by atoms with van der Waals surface area (Å²) in [5.74, 6) is -0.716. The molecular weight excluding hydrogens is 228 g/mol. The van der Waals surface area contributed by atoms with E-state index >= 15 is 0 Å². The molecule has 0 spiro atoms. The lowest BCUT2D eigenvalue weighted by molar-refractivity contribution is -0.140. The van der Waals surface area contributed by atoms with Crippen molar-refractivity contribution < 1.29 is 9.90 Å². The van der Waals surface area contributed by atoms with Crippen molar-refractivity contribution in [3.63, 3.8) is 0 Å². The van der Waals surface area contributed by atoms with Gasteiger partial charge in [0.25, 0.3) is 0 Å². The monoisotopic (exact) mass is 256 g/mol. The van der Waals surface area contributed by atoms with E-state index in [1.165, 1.54) is 0 Å². The van der Waals surface area contributed by atoms with Crippen molar-refractivity contribution in [2.75, 3.05) is 13.1 Å². The predicted molar refractivity (Wildman–Crippen MR) is 73.8 cm³/mol. The van der Waals surface area contributed by atoms with Gasteiger partial charge >= 0.3 is 5.97 Å². The number of nitrogens with zero attached hydrogens (tertiary/aromatic N) is 1. The van der Waals surface area contributed by atoms with Gasteiger partial charge in [-0.15, -0.1) is 0 Å². The molecule has 1 aliphatic carbocycles. The van der Waals surface area contributed by atoms with Crippen LogP contribution in [0.5, 0.6) is 0 Å². The summed E-state index contributed by atoms with van der Waals surface area (Å²) in [6.07, 6.45) is 5.62. The summed E-state index contributed by atoms with van der Waals surface area (Å²) in [6.45, 7) is 8.15. The summed E-state index contributed by atoms with van der Waals surface area (Å²) in [7, 11) is 0. The average Bonchev–Trinajstić information content (AvgIpc) is 3.15. The fraction of sp³-hybridized carbons (Fsp3) is 0.929. The van der Waals surface area contributed by atoms with E-state index in [4.69, 9.17) is 0 Å². The number of unbranched alkanes of at least 4 members (excludes halogenated alkanes) is 1. The third-order valence-electron chi connectivity index (χ3n) is 3.74. The highest BCUT2D eigenvalue weighted by Crippen LogP contribution is 2.20. The van der Waals surface area contributed by atoms with Crippen molar-refractivity contribution in [1.82, 2.24) is 10.2 Å². The Balaban J connectivity index is 2.50. The molecule has 0 saturated heterocycles. The molecule has 0 aromatic heterocycles. The number of aliphatic carboxylic acids is 1. The molecule has 2 unspecified atom stereocenters. The van der Waals surface area contributed by atoms with E-state index in [2.05, 4.69) is 31.0 Å². The van der Waals surface area contributed by atoms with Crippen molar-refractivity contribution in [3.05, 3.63) is 0 Å². The molecular formula is C14H28N2O2. The maximum atomic E-state index is 11.3. The van der Waals surface area contributed by atoms with E-state index in [0.29, 0.717) is 18.6 Å². The first-order valence-corrected chi connectivity index (χ1v) is 7.31. The molecule has 0 aliphatic heterocycles. The van der Waals surface area contributed by atoms with Crippen LogP contribution >= 0.6 is 0 Å². The van der Waals surface area contributed by atoms with Gasteiger partial charge in [-0.1, -0.05) is 20.3 Å². The minimum Gasteiger partial charge on any atom is -0.480 e. The maximum absolute atomic E-state index is 11.3. The number of carboxylic acid groups (broad SMARTS) is 1. The van der Waals surface area contributed by atoms with Crippen LogP contribution in [-0.4, -0.2) is 47.2 Å². The summed E-state index contributed by atoms with van der Waals surface area (Å²) >= 11 is 0. The van der Waals surface area contributed by atoms with E-state index in [0.717, 1.165) is 38.6 Å². The number of carbonyl (C=O) groups is 1. The van der Waals surface area contributed by atoms with Gasteiger partial charge in [-0.3, -0.25) is 9.69 Å². The fourth-order valence-electron chi connectivity index (χ4n) is 2.08. The van der Waals surface area contributed by atoms with Gasteiger partial charge in [0.2, 0.25) is 0 Å². The Hall–Kier alpha value is -0.610. The highest BCUT2D eigenvalue weighted by molar-refractivity contribution is 5.73. The Morgan fingerprint density at radius 1 is 1.44 bits per heavy atom. The standard InChI is InChI=1S/C14H28N2O2/c1-4-6-9-16(11(3)5-2)10-13(14(17)18)15-12-7-8-12/h11-13,15H,4-10H2,1-3H3,(H,17,18). The molecule has 0 radical (unpaired) electrons. The van der Waals surface area contributed by atoms with Crippen molar-refractivity contribution in [3.8, 4) is 0 Å². The van der Waals surface area contributed by atoms with E-state index in [1.807, 2.05) is 0 Å². The van der Waals surface area contributed by atoms with Crippen molar-refractivity contribution in [2.45, 2.75) is 71.0 Å². The molecule has 2 atom stereocenters. The van der Waals surface area contributed by atoms with Crippen LogP contribution in [0.3, 0.4) is 0 Å². The van der Waals surface area contributed by atoms with E-state index < -0.39 is 12.0 Å². The molecule has 0 bridgehead atoms. The van der Waals surface area contributed by atoms with Gasteiger partial charge in [0.15, 0.2) is 0 Å². The number of rotatable bonds is 10. The number of hydrogen-bond donors (Lipinski definition) is 2. The number of nitrogens with one attached hydrogen (secondary N) is 1. The first kappa shape index (κ1) is 15.4. The zero-order chi connectivity index (χ0) is 13.5. The normalized spacial score (nSPS) is 18.9. The van der Waals surface area contributed by atoms with Crippen LogP contribution in [0.4, 0.5) is 0 Å². The molecule has 1 fully saturated rings. The Labute approximate surface area is 111 Å². The molecule has 0 amide bonds. The molecule has 0 aromatic carbocycles. The summed E-state index contributed by atoms with van der Waals surface area (Å²) in [4.78, 5) is 13.6. The van der Waals surface area contributed by atoms with Crippen LogP contribution in [0.2, 0.25) is 0 Å². The van der Waals surface area contributed by atoms with Crippen molar-refractivity contribution in [2.24, 2.45) is 0 Å². The Kier molecular flexibility index (Phi) is 6.65.